The van der Waals surface area contributed by atoms with E-state index in [1.165, 1.54) is 128 Å². The first kappa shape index (κ1) is 112. The molecule has 0 aliphatic carbocycles. The molecular formula is C99H168O16P2. The number of phosphoric ester groups is 2. The summed E-state index contributed by atoms with van der Waals surface area (Å²) in [4.78, 5) is 59.0. The van der Waals surface area contributed by atoms with Crippen LogP contribution < -0.4 is 0 Å². The molecule has 0 amide bonds. The monoisotopic (exact) mass is 1680 g/mol. The van der Waals surface area contributed by atoms with E-state index in [4.69, 9.17) is 32.3 Å². The van der Waals surface area contributed by atoms with Crippen molar-refractivity contribution in [2.75, 3.05) is 39.6 Å². The second-order valence-corrected chi connectivity index (χ2v) is 33.6. The van der Waals surface area contributed by atoms with Crippen LogP contribution in [0.1, 0.15) is 380 Å². The van der Waals surface area contributed by atoms with Gasteiger partial charge in [-0.15, -0.1) is 0 Å². The quantitative estimate of drug-likeness (QED) is 0.0146. The first-order valence-electron chi connectivity index (χ1n) is 46.4. The van der Waals surface area contributed by atoms with E-state index in [0.717, 1.165) is 193 Å². The minimum atomic E-state index is -4.95. The topological polar surface area (TPSA) is 231 Å². The van der Waals surface area contributed by atoms with Crippen molar-refractivity contribution >= 4 is 33.6 Å². The second kappa shape index (κ2) is 90.2. The van der Waals surface area contributed by atoms with Gasteiger partial charge in [0, 0.05) is 19.3 Å². The highest BCUT2D eigenvalue weighted by atomic mass is 31.2. The van der Waals surface area contributed by atoms with Crippen LogP contribution in [0.15, 0.2) is 170 Å². The van der Waals surface area contributed by atoms with Gasteiger partial charge in [0.05, 0.1) is 26.4 Å². The minimum Gasteiger partial charge on any atom is -0.463 e. The Bertz CT molecular complexity index is 2810. The maximum absolute atomic E-state index is 13.1. The summed E-state index contributed by atoms with van der Waals surface area (Å²) in [6.07, 6.45) is 117. The van der Waals surface area contributed by atoms with Gasteiger partial charge in [-0.05, 0) is 154 Å². The first-order valence-corrected chi connectivity index (χ1v) is 49.4. The molecule has 0 aromatic rings. The van der Waals surface area contributed by atoms with E-state index in [9.17, 15) is 43.5 Å². The summed E-state index contributed by atoms with van der Waals surface area (Å²) in [5, 5.41) is 20.7. The summed E-state index contributed by atoms with van der Waals surface area (Å²) in [7, 11) is -9.82. The number of aliphatic hydroxyl groups excluding tert-OH is 2. The van der Waals surface area contributed by atoms with Crippen LogP contribution in [-0.2, 0) is 55.8 Å². The third-order valence-corrected chi connectivity index (χ3v) is 21.3. The first-order chi connectivity index (χ1) is 57.2. The van der Waals surface area contributed by atoms with Gasteiger partial charge in [0.2, 0.25) is 0 Å². The Balaban J connectivity index is 4.55. The Labute approximate surface area is 713 Å². The summed E-state index contributed by atoms with van der Waals surface area (Å²) < 4.78 is 61.5. The Morgan fingerprint density at radius 3 is 0.718 bits per heavy atom. The van der Waals surface area contributed by atoms with Crippen molar-refractivity contribution in [3.63, 3.8) is 0 Å². The number of phosphoric acid groups is 2. The molecular weight excluding hydrogens is 1510 g/mol. The zero-order valence-corrected chi connectivity index (χ0v) is 75.6. The Hall–Kier alpha value is -5.09. The number of rotatable bonds is 87. The van der Waals surface area contributed by atoms with Gasteiger partial charge < -0.3 is 34.2 Å². The molecule has 670 valence electrons. The van der Waals surface area contributed by atoms with Crippen LogP contribution in [0.5, 0.6) is 0 Å². The molecule has 5 atom stereocenters. The molecule has 0 rings (SSSR count). The third-order valence-electron chi connectivity index (χ3n) is 19.4. The van der Waals surface area contributed by atoms with Gasteiger partial charge in [-0.1, -0.05) is 377 Å². The van der Waals surface area contributed by atoms with Crippen LogP contribution in [0.2, 0.25) is 0 Å². The molecule has 0 radical (unpaired) electrons. The van der Waals surface area contributed by atoms with Gasteiger partial charge >= 0.3 is 33.6 Å². The van der Waals surface area contributed by atoms with Crippen molar-refractivity contribution < 1.29 is 75.8 Å². The van der Waals surface area contributed by atoms with Crippen molar-refractivity contribution in [3.8, 4) is 0 Å². The predicted molar refractivity (Wildman–Crippen MR) is 491 cm³/mol. The van der Waals surface area contributed by atoms with E-state index in [1.807, 2.05) is 0 Å². The van der Waals surface area contributed by atoms with Crippen LogP contribution in [0.25, 0.3) is 0 Å². The third kappa shape index (κ3) is 91.5. The average Bonchev–Trinajstić information content (AvgIpc) is 0.899. The Morgan fingerprint density at radius 2 is 0.453 bits per heavy atom. The Kier molecular flexibility index (Phi) is 86.2. The van der Waals surface area contributed by atoms with Crippen molar-refractivity contribution in [2.45, 2.75) is 399 Å². The molecule has 0 spiro atoms. The van der Waals surface area contributed by atoms with E-state index in [0.29, 0.717) is 19.3 Å². The van der Waals surface area contributed by atoms with E-state index in [2.05, 4.69) is 191 Å². The van der Waals surface area contributed by atoms with Crippen LogP contribution >= 0.6 is 15.6 Å². The molecule has 0 saturated carbocycles. The lowest BCUT2D eigenvalue weighted by molar-refractivity contribution is -0.161. The standard InChI is InChI=1S/C99H168O16P2/c1-4-7-10-13-16-19-22-25-28-31-34-37-40-41-42-43-44-45-46-47-48-49-50-51-54-56-58-61-64-67-70-73-76-79-82-85-97(102)109-88-94(100)89-111-116(105,106)112-90-95(101)91-113-117(107,108)114-93-96(115-99(104)87-84-81-78-75-72-69-66-63-60-57-53-39-36-33-30-27-24-21-18-15-12-9-6-3)92-110-98(103)86-83-80-77-74-71-68-65-62-59-55-52-38-35-32-29-26-23-20-17-14-11-8-5-2/h8-9,11-12,16-21,25-30,34-39,41-42,55,57,59-60,94-96,100-101H,4-7,10,13-15,22-24,31-33,40,43-54,56,58,61-93H2,1-3H3,(H,105,106)(H,107,108)/b11-8-,12-9-,19-16-,20-17-,21-18-,28-25-,29-26-,30-27-,37-34-,38-35-,39-36-,42-41-,59-55-,60-57-. The van der Waals surface area contributed by atoms with Crippen molar-refractivity contribution in [2.24, 2.45) is 0 Å². The molecule has 0 aliphatic heterocycles. The molecule has 0 heterocycles. The van der Waals surface area contributed by atoms with Gasteiger partial charge in [-0.25, -0.2) is 9.13 Å². The zero-order chi connectivity index (χ0) is 85.1. The fourth-order valence-corrected chi connectivity index (χ4v) is 14.0. The molecule has 0 aromatic heterocycles. The number of ether oxygens (including phenoxy) is 3. The van der Waals surface area contributed by atoms with Crippen LogP contribution in [0, 0.1) is 0 Å². The number of hydrogen-bond acceptors (Lipinski definition) is 14. The number of aliphatic hydroxyl groups is 2. The van der Waals surface area contributed by atoms with Crippen molar-refractivity contribution in [1.82, 2.24) is 0 Å². The van der Waals surface area contributed by atoms with E-state index in [-0.39, 0.29) is 19.3 Å². The molecule has 0 bridgehead atoms. The number of carbonyl (C=O) groups is 3. The van der Waals surface area contributed by atoms with Gasteiger partial charge in [-0.3, -0.25) is 32.5 Å². The van der Waals surface area contributed by atoms with Crippen molar-refractivity contribution in [1.29, 1.82) is 0 Å². The van der Waals surface area contributed by atoms with E-state index >= 15 is 0 Å². The molecule has 0 saturated heterocycles. The van der Waals surface area contributed by atoms with Crippen molar-refractivity contribution in [3.05, 3.63) is 170 Å². The molecule has 117 heavy (non-hydrogen) atoms. The molecule has 0 fully saturated rings. The predicted octanol–water partition coefficient (Wildman–Crippen LogP) is 28.7. The molecule has 0 aromatic carbocycles. The number of esters is 3. The lowest BCUT2D eigenvalue weighted by Gasteiger charge is -2.21. The average molecular weight is 1680 g/mol. The molecule has 0 aliphatic rings. The smallest absolute Gasteiger partial charge is 0.463 e. The summed E-state index contributed by atoms with van der Waals surface area (Å²) in [5.74, 6) is -1.60. The fraction of sp³-hybridized carbons (Fsp3) is 0.687. The van der Waals surface area contributed by atoms with E-state index < -0.39 is 91.5 Å². The molecule has 16 nitrogen and oxygen atoms in total. The van der Waals surface area contributed by atoms with Gasteiger partial charge in [0.1, 0.15) is 25.4 Å². The number of carbonyl (C=O) groups excluding carboxylic acids is 3. The maximum atomic E-state index is 13.1. The lowest BCUT2D eigenvalue weighted by atomic mass is 10.0. The Morgan fingerprint density at radius 1 is 0.248 bits per heavy atom. The maximum Gasteiger partial charge on any atom is 0.472 e. The summed E-state index contributed by atoms with van der Waals surface area (Å²) in [6.45, 7) is 2.44. The summed E-state index contributed by atoms with van der Waals surface area (Å²) >= 11 is 0. The van der Waals surface area contributed by atoms with E-state index in [1.54, 1.807) is 0 Å². The van der Waals surface area contributed by atoms with Crippen LogP contribution in [-0.4, -0.2) is 95.9 Å². The largest absolute Gasteiger partial charge is 0.472 e. The van der Waals surface area contributed by atoms with Gasteiger partial charge in [-0.2, -0.15) is 0 Å². The number of hydrogen-bond donors (Lipinski definition) is 4. The SMILES string of the molecule is CC/C=C\C/C=C\C/C=C\C/C=C\C/C=C\CCCCCCCCCC(=O)OCC(COP(=O)(O)OCC(O)COP(=O)(O)OCC(O)COC(=O)CCCCCCCCCCCCCCCCCCCCC/C=C\C/C=C\C/C=C\C/C=C\CCCCC)OC(=O)CCCCCCCCC/C=C\C/C=C\C/C=C\C/C=C\C/C=C\CC. The van der Waals surface area contributed by atoms with Gasteiger partial charge in [0.15, 0.2) is 6.10 Å². The minimum absolute atomic E-state index is 0.0835. The molecule has 5 unspecified atom stereocenters. The summed E-state index contributed by atoms with van der Waals surface area (Å²) in [5.41, 5.74) is 0. The normalized spacial score (nSPS) is 14.6. The second-order valence-electron chi connectivity index (χ2n) is 30.7. The summed E-state index contributed by atoms with van der Waals surface area (Å²) in [6, 6.07) is 0. The number of unbranched alkanes of at least 4 members (excludes halogenated alkanes) is 36. The highest BCUT2D eigenvalue weighted by molar-refractivity contribution is 7.47. The fourth-order valence-electron chi connectivity index (χ4n) is 12.4. The van der Waals surface area contributed by atoms with Gasteiger partial charge in [0.25, 0.3) is 0 Å². The molecule has 18 heteroatoms. The van der Waals surface area contributed by atoms with Crippen LogP contribution in [0.4, 0.5) is 0 Å². The zero-order valence-electron chi connectivity index (χ0n) is 73.8. The highest BCUT2D eigenvalue weighted by Gasteiger charge is 2.29. The highest BCUT2D eigenvalue weighted by Crippen LogP contribution is 2.45. The lowest BCUT2D eigenvalue weighted by Crippen LogP contribution is -2.30. The molecule has 4 N–H and O–H groups in total. The van der Waals surface area contributed by atoms with Crippen LogP contribution in [0.3, 0.4) is 0 Å². The number of allylic oxidation sites excluding steroid dienone is 28.